The molecule has 0 nitrogen and oxygen atoms in total. The van der Waals surface area contributed by atoms with Crippen LogP contribution in [0.4, 0.5) is 0 Å². The van der Waals surface area contributed by atoms with E-state index in [2.05, 4.69) is 12.3 Å². The molecule has 0 aromatic rings. The Morgan fingerprint density at radius 2 is 2.50 bits per heavy atom. The van der Waals surface area contributed by atoms with Gasteiger partial charge in [0.25, 0.3) is 0 Å². The molecule has 0 aromatic heterocycles. The molecule has 43 valence electrons. The molecule has 1 unspecified atom stereocenters. The van der Waals surface area contributed by atoms with E-state index < -0.39 is 0 Å². The third-order valence-electron chi connectivity index (χ3n) is 1.65. The first kappa shape index (κ1) is 5.69. The van der Waals surface area contributed by atoms with Crippen molar-refractivity contribution in [3.8, 4) is 12.3 Å². The van der Waals surface area contributed by atoms with E-state index in [-0.39, 0.29) is 0 Å². The van der Waals surface area contributed by atoms with Gasteiger partial charge in [0.15, 0.2) is 0 Å². The van der Waals surface area contributed by atoms with E-state index in [0.717, 1.165) is 6.42 Å². The largest absolute Gasteiger partial charge is 0.120 e. The van der Waals surface area contributed by atoms with Gasteiger partial charge in [-0.2, -0.15) is 0 Å². The molecule has 0 heterocycles. The van der Waals surface area contributed by atoms with Crippen molar-refractivity contribution in [3.63, 3.8) is 0 Å². The van der Waals surface area contributed by atoms with Gasteiger partial charge in [-0.05, 0) is 19.3 Å². The second-order valence-corrected chi connectivity index (χ2v) is 2.32. The SMILES string of the molecule is C#CC1C[CH]CCC1. The van der Waals surface area contributed by atoms with Gasteiger partial charge < -0.3 is 0 Å². The molecule has 0 aliphatic heterocycles. The molecule has 0 saturated heterocycles. The standard InChI is InChI=1S/C8H11/c1-2-8-6-4-3-5-7-8/h1,4,8H,3,5-7H2. The summed E-state index contributed by atoms with van der Waals surface area (Å²) in [5.41, 5.74) is 0. The molecule has 1 radical (unpaired) electrons. The molecule has 1 saturated carbocycles. The van der Waals surface area contributed by atoms with Crippen LogP contribution in [-0.4, -0.2) is 0 Å². The third kappa shape index (κ3) is 1.26. The quantitative estimate of drug-likeness (QED) is 0.415. The maximum Gasteiger partial charge on any atom is 0.0203 e. The third-order valence-corrected chi connectivity index (χ3v) is 1.65. The molecule has 0 heteroatoms. The predicted octanol–water partition coefficient (Wildman–Crippen LogP) is 2.01. The van der Waals surface area contributed by atoms with E-state index in [9.17, 15) is 0 Å². The average molecular weight is 107 g/mol. The molecule has 0 bridgehead atoms. The zero-order valence-corrected chi connectivity index (χ0v) is 5.06. The van der Waals surface area contributed by atoms with Crippen LogP contribution in [0.3, 0.4) is 0 Å². The highest BCUT2D eigenvalue weighted by Gasteiger charge is 2.08. The first-order valence-electron chi connectivity index (χ1n) is 3.21. The average Bonchev–Trinajstić information content (AvgIpc) is 1.90. The fourth-order valence-corrected chi connectivity index (χ4v) is 1.10. The Bertz CT molecular complexity index is 91.1. The highest BCUT2D eigenvalue weighted by atomic mass is 14.1. The molecule has 1 rings (SSSR count). The maximum atomic E-state index is 5.23. The van der Waals surface area contributed by atoms with E-state index in [4.69, 9.17) is 6.42 Å². The lowest BCUT2D eigenvalue weighted by atomic mass is 9.90. The van der Waals surface area contributed by atoms with Crippen LogP contribution >= 0.6 is 0 Å². The number of terminal acetylenes is 1. The Balaban J connectivity index is 2.25. The lowest BCUT2D eigenvalue weighted by Gasteiger charge is -2.14. The summed E-state index contributed by atoms with van der Waals surface area (Å²) in [5, 5.41) is 0. The summed E-state index contributed by atoms with van der Waals surface area (Å²) in [6, 6.07) is 0. The summed E-state index contributed by atoms with van der Waals surface area (Å²) in [4.78, 5) is 0. The van der Waals surface area contributed by atoms with Gasteiger partial charge in [0.1, 0.15) is 0 Å². The van der Waals surface area contributed by atoms with E-state index in [1.807, 2.05) is 0 Å². The van der Waals surface area contributed by atoms with Crippen LogP contribution < -0.4 is 0 Å². The molecule has 0 spiro atoms. The lowest BCUT2D eigenvalue weighted by Crippen LogP contribution is -2.02. The zero-order chi connectivity index (χ0) is 5.82. The molecule has 0 amide bonds. The van der Waals surface area contributed by atoms with Crippen molar-refractivity contribution in [1.82, 2.24) is 0 Å². The smallest absolute Gasteiger partial charge is 0.0203 e. The summed E-state index contributed by atoms with van der Waals surface area (Å²) in [6.07, 6.45) is 12.5. The predicted molar refractivity (Wildman–Crippen MR) is 35.1 cm³/mol. The Labute approximate surface area is 51.3 Å². The minimum absolute atomic E-state index is 0.559. The van der Waals surface area contributed by atoms with Gasteiger partial charge in [0, 0.05) is 5.92 Å². The Hall–Kier alpha value is -0.440. The van der Waals surface area contributed by atoms with Crippen LogP contribution in [0, 0.1) is 24.7 Å². The number of rotatable bonds is 0. The van der Waals surface area contributed by atoms with Crippen molar-refractivity contribution in [2.75, 3.05) is 0 Å². The van der Waals surface area contributed by atoms with Crippen molar-refractivity contribution >= 4 is 0 Å². The second kappa shape index (κ2) is 2.77. The normalized spacial score (nSPS) is 22.4. The van der Waals surface area contributed by atoms with Crippen molar-refractivity contribution in [2.24, 2.45) is 5.92 Å². The van der Waals surface area contributed by atoms with E-state index in [1.165, 1.54) is 19.3 Å². The van der Waals surface area contributed by atoms with Crippen molar-refractivity contribution in [2.45, 2.75) is 25.7 Å². The maximum absolute atomic E-state index is 5.23. The van der Waals surface area contributed by atoms with E-state index >= 15 is 0 Å². The van der Waals surface area contributed by atoms with Crippen LogP contribution in [0.5, 0.6) is 0 Å². The monoisotopic (exact) mass is 107 g/mol. The minimum atomic E-state index is 0.559. The Morgan fingerprint density at radius 1 is 1.62 bits per heavy atom. The van der Waals surface area contributed by atoms with Gasteiger partial charge in [-0.3, -0.25) is 0 Å². The number of hydrogen-bond donors (Lipinski definition) is 0. The zero-order valence-electron chi connectivity index (χ0n) is 5.06. The second-order valence-electron chi connectivity index (χ2n) is 2.32. The van der Waals surface area contributed by atoms with Gasteiger partial charge in [-0.15, -0.1) is 12.3 Å². The molecular formula is C8H11. The van der Waals surface area contributed by atoms with Crippen LogP contribution in [0.2, 0.25) is 0 Å². The fourth-order valence-electron chi connectivity index (χ4n) is 1.10. The van der Waals surface area contributed by atoms with Crippen molar-refractivity contribution in [3.05, 3.63) is 6.42 Å². The Kier molecular flexibility index (Phi) is 1.97. The Morgan fingerprint density at radius 3 is 2.88 bits per heavy atom. The molecule has 1 atom stereocenters. The number of hydrogen-bond acceptors (Lipinski definition) is 0. The molecule has 1 aliphatic rings. The summed E-state index contributed by atoms with van der Waals surface area (Å²) < 4.78 is 0. The van der Waals surface area contributed by atoms with Crippen LogP contribution in [-0.2, 0) is 0 Å². The molecule has 1 aliphatic carbocycles. The van der Waals surface area contributed by atoms with Gasteiger partial charge in [0.2, 0.25) is 0 Å². The van der Waals surface area contributed by atoms with Gasteiger partial charge >= 0.3 is 0 Å². The van der Waals surface area contributed by atoms with Crippen LogP contribution in [0.25, 0.3) is 0 Å². The van der Waals surface area contributed by atoms with Gasteiger partial charge in [0.05, 0.1) is 0 Å². The van der Waals surface area contributed by atoms with E-state index in [0.29, 0.717) is 5.92 Å². The molecular weight excluding hydrogens is 96.1 g/mol. The minimum Gasteiger partial charge on any atom is -0.120 e. The van der Waals surface area contributed by atoms with Crippen molar-refractivity contribution < 1.29 is 0 Å². The first-order valence-corrected chi connectivity index (χ1v) is 3.21. The summed E-state index contributed by atoms with van der Waals surface area (Å²) in [5.74, 6) is 3.33. The van der Waals surface area contributed by atoms with Gasteiger partial charge in [-0.1, -0.05) is 12.8 Å². The highest BCUT2D eigenvalue weighted by molar-refractivity contribution is 4.97. The summed E-state index contributed by atoms with van der Waals surface area (Å²) in [6.45, 7) is 0. The molecule has 8 heavy (non-hydrogen) atoms. The fraction of sp³-hybridized carbons (Fsp3) is 0.625. The van der Waals surface area contributed by atoms with Crippen LogP contribution in [0.1, 0.15) is 25.7 Å². The lowest BCUT2D eigenvalue weighted by molar-refractivity contribution is 0.504. The molecule has 1 fully saturated rings. The van der Waals surface area contributed by atoms with Crippen LogP contribution in [0.15, 0.2) is 0 Å². The van der Waals surface area contributed by atoms with Crippen molar-refractivity contribution in [1.29, 1.82) is 0 Å². The highest BCUT2D eigenvalue weighted by Crippen LogP contribution is 2.21. The van der Waals surface area contributed by atoms with E-state index in [1.54, 1.807) is 0 Å². The first-order chi connectivity index (χ1) is 3.93. The molecule has 0 N–H and O–H groups in total. The summed E-state index contributed by atoms with van der Waals surface area (Å²) in [7, 11) is 0. The summed E-state index contributed by atoms with van der Waals surface area (Å²) >= 11 is 0. The van der Waals surface area contributed by atoms with Gasteiger partial charge in [-0.25, -0.2) is 0 Å². The molecule has 0 aromatic carbocycles. The topological polar surface area (TPSA) is 0 Å².